The van der Waals surface area contributed by atoms with E-state index in [0.29, 0.717) is 22.6 Å². The van der Waals surface area contributed by atoms with Crippen LogP contribution in [0.3, 0.4) is 0 Å². The highest BCUT2D eigenvalue weighted by molar-refractivity contribution is 6.02. The lowest BCUT2D eigenvalue weighted by Gasteiger charge is -2.41. The molecule has 2 aliphatic rings. The Morgan fingerprint density at radius 1 is 1.18 bits per heavy atom. The van der Waals surface area contributed by atoms with Gasteiger partial charge in [0.15, 0.2) is 17.3 Å². The molecule has 0 amide bonds. The molecule has 4 N–H and O–H groups in total. The van der Waals surface area contributed by atoms with Crippen molar-refractivity contribution < 1.29 is 39.4 Å². The number of fused-ring (bicyclic) bond motifs is 2. The summed E-state index contributed by atoms with van der Waals surface area (Å²) in [5.41, 5.74) is 0.884. The fourth-order valence-electron chi connectivity index (χ4n) is 4.05. The van der Waals surface area contributed by atoms with Gasteiger partial charge >= 0.3 is 0 Å². The Labute approximate surface area is 191 Å². The highest BCUT2D eigenvalue weighted by Gasteiger charge is 2.44. The Morgan fingerprint density at radius 2 is 1.91 bits per heavy atom. The number of aliphatic hydroxyl groups excluding tert-OH is 2. The average molecular weight is 456 g/mol. The number of carbonyl (C=O) groups excluding carboxylic acids is 1. The number of Topliss-reactive ketones (excluding diaryl/α,β-unsaturated/α-hetero) is 1. The van der Waals surface area contributed by atoms with Crippen LogP contribution in [0.2, 0.25) is 0 Å². The zero-order chi connectivity index (χ0) is 24.1. The number of benzene rings is 2. The Bertz CT molecular complexity index is 1130. The Morgan fingerprint density at radius 3 is 2.61 bits per heavy atom. The molecule has 2 heterocycles. The summed E-state index contributed by atoms with van der Waals surface area (Å²) in [6.45, 7) is 7.50. The van der Waals surface area contributed by atoms with Crippen molar-refractivity contribution >= 4 is 5.78 Å². The average Bonchev–Trinajstić information content (AvgIpc) is 2.71. The van der Waals surface area contributed by atoms with Gasteiger partial charge in [0.1, 0.15) is 53.3 Å². The third-order valence-corrected chi connectivity index (χ3v) is 5.89. The fraction of sp³-hybridized carbons (Fsp3) is 0.400. The summed E-state index contributed by atoms with van der Waals surface area (Å²) in [4.78, 5) is 12.7. The van der Waals surface area contributed by atoms with E-state index in [0.717, 1.165) is 11.6 Å². The van der Waals surface area contributed by atoms with Gasteiger partial charge in [-0.05, 0) is 51.5 Å². The number of ether oxygens (including phenoxy) is 3. The zero-order valence-corrected chi connectivity index (χ0v) is 19.0. The first-order chi connectivity index (χ1) is 15.5. The number of hydrogen-bond donors (Lipinski definition) is 4. The third kappa shape index (κ3) is 4.24. The molecule has 2 aromatic rings. The van der Waals surface area contributed by atoms with E-state index < -0.39 is 23.9 Å². The van der Waals surface area contributed by atoms with E-state index in [2.05, 4.69) is 0 Å². The van der Waals surface area contributed by atoms with Crippen molar-refractivity contribution in [3.05, 3.63) is 52.6 Å². The number of ketones is 1. The van der Waals surface area contributed by atoms with Crippen LogP contribution in [0.15, 0.2) is 35.9 Å². The Balaban J connectivity index is 1.78. The summed E-state index contributed by atoms with van der Waals surface area (Å²) in [5, 5.41) is 41.3. The van der Waals surface area contributed by atoms with Gasteiger partial charge in [-0.25, -0.2) is 0 Å². The SMILES string of the molecule is CC(C)=CCOc1cc(C2CC(=O)c3c(O)cc(O)cc3O2)cc2c1OC(C)(C)C(O)C2O. The predicted octanol–water partition coefficient (Wildman–Crippen LogP) is 3.71. The van der Waals surface area contributed by atoms with Crippen LogP contribution < -0.4 is 14.2 Å². The number of allylic oxidation sites excluding steroid dienone is 1. The first kappa shape index (κ1) is 22.9. The third-order valence-electron chi connectivity index (χ3n) is 5.89. The monoisotopic (exact) mass is 456 g/mol. The molecule has 0 bridgehead atoms. The van der Waals surface area contributed by atoms with Gasteiger partial charge in [-0.3, -0.25) is 4.79 Å². The molecular formula is C25H28O8. The van der Waals surface area contributed by atoms with Crippen molar-refractivity contribution in [3.8, 4) is 28.7 Å². The summed E-state index contributed by atoms with van der Waals surface area (Å²) in [6, 6.07) is 5.67. The fourth-order valence-corrected chi connectivity index (χ4v) is 4.05. The van der Waals surface area contributed by atoms with Crippen molar-refractivity contribution in [2.75, 3.05) is 6.61 Å². The van der Waals surface area contributed by atoms with Gasteiger partial charge in [-0.1, -0.05) is 5.57 Å². The summed E-state index contributed by atoms with van der Waals surface area (Å²) >= 11 is 0. The van der Waals surface area contributed by atoms with Crippen molar-refractivity contribution in [2.24, 2.45) is 0 Å². The molecule has 4 rings (SSSR count). The topological polar surface area (TPSA) is 126 Å². The van der Waals surface area contributed by atoms with Crippen LogP contribution in [0, 0.1) is 0 Å². The molecule has 3 atom stereocenters. The lowest BCUT2D eigenvalue weighted by molar-refractivity contribution is -0.112. The van der Waals surface area contributed by atoms with E-state index >= 15 is 0 Å². The van der Waals surface area contributed by atoms with Crippen LogP contribution in [0.25, 0.3) is 0 Å². The van der Waals surface area contributed by atoms with Crippen LogP contribution in [0.4, 0.5) is 0 Å². The van der Waals surface area contributed by atoms with Crippen LogP contribution >= 0.6 is 0 Å². The molecule has 2 aromatic carbocycles. The highest BCUT2D eigenvalue weighted by Crippen LogP contribution is 2.48. The minimum absolute atomic E-state index is 0.0163. The van der Waals surface area contributed by atoms with Crippen molar-refractivity contribution in [1.29, 1.82) is 0 Å². The number of phenols is 2. The van der Waals surface area contributed by atoms with Crippen LogP contribution in [-0.4, -0.2) is 44.5 Å². The van der Waals surface area contributed by atoms with E-state index in [4.69, 9.17) is 14.2 Å². The second kappa shape index (κ2) is 8.28. The lowest BCUT2D eigenvalue weighted by atomic mass is 9.86. The molecule has 0 aromatic heterocycles. The normalized spacial score (nSPS) is 23.0. The van der Waals surface area contributed by atoms with Gasteiger partial charge in [-0.15, -0.1) is 0 Å². The number of phenolic OH excluding ortho intramolecular Hbond substituents is 2. The van der Waals surface area contributed by atoms with E-state index in [9.17, 15) is 25.2 Å². The second-order valence-electron chi connectivity index (χ2n) is 9.20. The first-order valence-electron chi connectivity index (χ1n) is 10.7. The van der Waals surface area contributed by atoms with Gasteiger partial charge < -0.3 is 34.6 Å². The van der Waals surface area contributed by atoms with Crippen molar-refractivity contribution in [2.45, 2.75) is 58.0 Å². The summed E-state index contributed by atoms with van der Waals surface area (Å²) < 4.78 is 17.9. The van der Waals surface area contributed by atoms with Gasteiger partial charge in [0, 0.05) is 17.7 Å². The number of rotatable bonds is 4. The second-order valence-corrected chi connectivity index (χ2v) is 9.20. The molecule has 33 heavy (non-hydrogen) atoms. The first-order valence-corrected chi connectivity index (χ1v) is 10.7. The van der Waals surface area contributed by atoms with E-state index in [1.165, 1.54) is 6.07 Å². The number of hydrogen-bond acceptors (Lipinski definition) is 8. The van der Waals surface area contributed by atoms with Crippen molar-refractivity contribution in [1.82, 2.24) is 0 Å². The standard InChI is InChI=1S/C25H28O8/c1-12(2)5-6-31-20-8-13(7-15-22(29)24(30)25(3,4)33-23(15)20)18-11-17(28)21-16(27)9-14(26)10-19(21)32-18/h5,7-10,18,22,24,26-27,29-30H,6,11H2,1-4H3. The van der Waals surface area contributed by atoms with E-state index in [-0.39, 0.29) is 41.6 Å². The maximum absolute atomic E-state index is 12.7. The minimum atomic E-state index is -1.24. The van der Waals surface area contributed by atoms with Gasteiger partial charge in [-0.2, -0.15) is 0 Å². The van der Waals surface area contributed by atoms with Gasteiger partial charge in [0.2, 0.25) is 0 Å². The number of aliphatic hydroxyl groups is 2. The highest BCUT2D eigenvalue weighted by atomic mass is 16.5. The lowest BCUT2D eigenvalue weighted by Crippen LogP contribution is -2.48. The molecule has 176 valence electrons. The molecule has 8 nitrogen and oxygen atoms in total. The molecule has 0 saturated carbocycles. The van der Waals surface area contributed by atoms with E-state index in [1.54, 1.807) is 26.0 Å². The van der Waals surface area contributed by atoms with E-state index in [1.807, 2.05) is 19.9 Å². The molecule has 0 spiro atoms. The molecule has 2 aliphatic heterocycles. The van der Waals surface area contributed by atoms with Crippen LogP contribution in [0.1, 0.15) is 67.8 Å². The molecular weight excluding hydrogens is 428 g/mol. The minimum Gasteiger partial charge on any atom is -0.508 e. The quantitative estimate of drug-likeness (QED) is 0.513. The van der Waals surface area contributed by atoms with Crippen molar-refractivity contribution in [3.63, 3.8) is 0 Å². The maximum Gasteiger partial charge on any atom is 0.174 e. The van der Waals surface area contributed by atoms with Gasteiger partial charge in [0.25, 0.3) is 0 Å². The maximum atomic E-state index is 12.7. The molecule has 0 aliphatic carbocycles. The molecule has 8 heteroatoms. The largest absolute Gasteiger partial charge is 0.508 e. The molecule has 0 saturated heterocycles. The summed E-state index contributed by atoms with van der Waals surface area (Å²) in [7, 11) is 0. The zero-order valence-electron chi connectivity index (χ0n) is 19.0. The Hall–Kier alpha value is -3.23. The molecule has 0 fully saturated rings. The smallest absolute Gasteiger partial charge is 0.174 e. The van der Waals surface area contributed by atoms with Gasteiger partial charge in [0.05, 0.1) is 6.42 Å². The molecule has 3 unspecified atom stereocenters. The van der Waals surface area contributed by atoms with Crippen LogP contribution in [-0.2, 0) is 0 Å². The number of carbonyl (C=O) groups is 1. The summed E-state index contributed by atoms with van der Waals surface area (Å²) in [5.74, 6) is -0.192. The molecule has 0 radical (unpaired) electrons. The Kier molecular flexibility index (Phi) is 5.76. The predicted molar refractivity (Wildman–Crippen MR) is 119 cm³/mol. The van der Waals surface area contributed by atoms with Crippen LogP contribution in [0.5, 0.6) is 28.7 Å². The summed E-state index contributed by atoms with van der Waals surface area (Å²) in [6.07, 6.45) is -1.37. The number of aromatic hydroxyl groups is 2.